The number of hydrogen-bond acceptors (Lipinski definition) is 2. The van der Waals surface area contributed by atoms with Crippen molar-refractivity contribution in [3.63, 3.8) is 0 Å². The third-order valence-corrected chi connectivity index (χ3v) is 3.82. The van der Waals surface area contributed by atoms with Gasteiger partial charge in [-0.2, -0.15) is 13.2 Å². The summed E-state index contributed by atoms with van der Waals surface area (Å²) in [4.78, 5) is 1.65. The Kier molecular flexibility index (Phi) is 3.11. The Morgan fingerprint density at radius 2 is 1.78 bits per heavy atom. The molecule has 2 N–H and O–H groups in total. The summed E-state index contributed by atoms with van der Waals surface area (Å²) >= 11 is 1.36. The third kappa shape index (κ3) is 2.36. The number of rotatable bonds is 1. The van der Waals surface area contributed by atoms with Crippen LogP contribution in [0.5, 0.6) is 0 Å². The lowest BCUT2D eigenvalue weighted by Crippen LogP contribution is -2.07. The molecule has 1 aromatic carbocycles. The van der Waals surface area contributed by atoms with Gasteiger partial charge in [-0.1, -0.05) is 6.07 Å². The molecule has 0 saturated heterocycles. The molecule has 0 saturated carbocycles. The van der Waals surface area contributed by atoms with Gasteiger partial charge in [-0.3, -0.25) is 0 Å². The van der Waals surface area contributed by atoms with Crippen LogP contribution in [0.3, 0.4) is 0 Å². The number of benzene rings is 1. The molecule has 2 aromatic rings. The maximum Gasteiger partial charge on any atom is 0.417 e. The first-order valence-electron chi connectivity index (χ1n) is 5.33. The standard InChI is InChI=1S/C13H12F3NS/c1-7-5-8(2)18-12(7)10-4-3-9(17)6-11(10)13(14,15)16/h3-6H,17H2,1-2H3. The molecule has 0 amide bonds. The quantitative estimate of drug-likeness (QED) is 0.752. The maximum absolute atomic E-state index is 13.0. The molecule has 1 heterocycles. The molecule has 0 aliphatic carbocycles. The van der Waals surface area contributed by atoms with Crippen molar-refractivity contribution in [2.24, 2.45) is 0 Å². The average molecular weight is 271 g/mol. The van der Waals surface area contributed by atoms with E-state index in [0.29, 0.717) is 4.88 Å². The molecular weight excluding hydrogens is 259 g/mol. The molecular formula is C13H12F3NS. The summed E-state index contributed by atoms with van der Waals surface area (Å²) in [5, 5.41) is 0. The van der Waals surface area contributed by atoms with E-state index in [4.69, 9.17) is 5.73 Å². The van der Waals surface area contributed by atoms with Gasteiger partial charge in [0.25, 0.3) is 0 Å². The summed E-state index contributed by atoms with van der Waals surface area (Å²) in [5.41, 5.74) is 5.95. The van der Waals surface area contributed by atoms with E-state index in [1.165, 1.54) is 23.5 Å². The summed E-state index contributed by atoms with van der Waals surface area (Å²) in [6.45, 7) is 3.70. The molecule has 0 radical (unpaired) electrons. The number of nitrogen functional groups attached to an aromatic ring is 1. The SMILES string of the molecule is Cc1cc(C)c(-c2ccc(N)cc2C(F)(F)F)s1. The minimum atomic E-state index is -4.39. The van der Waals surface area contributed by atoms with Gasteiger partial charge >= 0.3 is 6.18 Å². The van der Waals surface area contributed by atoms with Crippen LogP contribution in [0.1, 0.15) is 16.0 Å². The fourth-order valence-electron chi connectivity index (χ4n) is 1.90. The number of aryl methyl sites for hydroxylation is 2. The van der Waals surface area contributed by atoms with Gasteiger partial charge in [-0.15, -0.1) is 11.3 Å². The van der Waals surface area contributed by atoms with Crippen molar-refractivity contribution >= 4 is 17.0 Å². The van der Waals surface area contributed by atoms with E-state index in [1.54, 1.807) is 0 Å². The van der Waals surface area contributed by atoms with Gasteiger partial charge in [0.05, 0.1) is 5.56 Å². The number of anilines is 1. The highest BCUT2D eigenvalue weighted by Crippen LogP contribution is 2.41. The maximum atomic E-state index is 13.0. The second kappa shape index (κ2) is 4.31. The number of hydrogen-bond donors (Lipinski definition) is 1. The number of nitrogens with two attached hydrogens (primary N) is 1. The second-order valence-electron chi connectivity index (χ2n) is 4.17. The van der Waals surface area contributed by atoms with Crippen LogP contribution in [0, 0.1) is 13.8 Å². The smallest absolute Gasteiger partial charge is 0.399 e. The van der Waals surface area contributed by atoms with Crippen molar-refractivity contribution in [1.29, 1.82) is 0 Å². The van der Waals surface area contributed by atoms with Gasteiger partial charge in [0.2, 0.25) is 0 Å². The minimum Gasteiger partial charge on any atom is -0.399 e. The van der Waals surface area contributed by atoms with Crippen LogP contribution in [-0.2, 0) is 6.18 Å². The zero-order chi connectivity index (χ0) is 13.5. The van der Waals surface area contributed by atoms with E-state index in [9.17, 15) is 13.2 Å². The zero-order valence-electron chi connectivity index (χ0n) is 9.93. The normalized spacial score (nSPS) is 11.8. The highest BCUT2D eigenvalue weighted by atomic mass is 32.1. The molecule has 0 bridgehead atoms. The Hall–Kier alpha value is -1.49. The Morgan fingerprint density at radius 1 is 1.11 bits per heavy atom. The highest BCUT2D eigenvalue weighted by molar-refractivity contribution is 7.15. The van der Waals surface area contributed by atoms with Crippen molar-refractivity contribution < 1.29 is 13.2 Å². The molecule has 0 spiro atoms. The van der Waals surface area contributed by atoms with Crippen LogP contribution in [0.15, 0.2) is 24.3 Å². The van der Waals surface area contributed by atoms with E-state index in [-0.39, 0.29) is 11.3 Å². The van der Waals surface area contributed by atoms with Crippen molar-refractivity contribution in [2.75, 3.05) is 5.73 Å². The lowest BCUT2D eigenvalue weighted by molar-refractivity contribution is -0.137. The summed E-state index contributed by atoms with van der Waals surface area (Å²) in [5.74, 6) is 0. The van der Waals surface area contributed by atoms with Crippen molar-refractivity contribution in [2.45, 2.75) is 20.0 Å². The molecule has 1 aromatic heterocycles. The summed E-state index contributed by atoms with van der Waals surface area (Å²) in [6.07, 6.45) is -4.39. The third-order valence-electron chi connectivity index (χ3n) is 2.63. The molecule has 0 atom stereocenters. The first-order chi connectivity index (χ1) is 8.29. The number of alkyl halides is 3. The Balaban J connectivity index is 2.68. The second-order valence-corrected chi connectivity index (χ2v) is 5.43. The summed E-state index contributed by atoms with van der Waals surface area (Å²) in [6, 6.07) is 5.82. The first kappa shape index (κ1) is 13.0. The van der Waals surface area contributed by atoms with Gasteiger partial charge < -0.3 is 5.73 Å². The molecule has 18 heavy (non-hydrogen) atoms. The van der Waals surface area contributed by atoms with E-state index in [1.807, 2.05) is 19.9 Å². The highest BCUT2D eigenvalue weighted by Gasteiger charge is 2.34. The number of thiophene rings is 1. The monoisotopic (exact) mass is 271 g/mol. The lowest BCUT2D eigenvalue weighted by Gasteiger charge is -2.13. The fourth-order valence-corrected chi connectivity index (χ4v) is 2.97. The summed E-state index contributed by atoms with van der Waals surface area (Å²) < 4.78 is 39.0. The number of halogens is 3. The van der Waals surface area contributed by atoms with E-state index in [0.717, 1.165) is 16.5 Å². The predicted molar refractivity (Wildman–Crippen MR) is 68.6 cm³/mol. The van der Waals surface area contributed by atoms with Crippen molar-refractivity contribution in [3.8, 4) is 10.4 Å². The van der Waals surface area contributed by atoms with E-state index >= 15 is 0 Å². The Bertz CT molecular complexity index is 584. The summed E-state index contributed by atoms with van der Waals surface area (Å²) in [7, 11) is 0. The molecule has 5 heteroatoms. The minimum absolute atomic E-state index is 0.122. The molecule has 0 unspecified atom stereocenters. The average Bonchev–Trinajstić information content (AvgIpc) is 2.56. The Labute approximate surface area is 107 Å². The zero-order valence-corrected chi connectivity index (χ0v) is 10.7. The van der Waals surface area contributed by atoms with Crippen molar-refractivity contribution in [1.82, 2.24) is 0 Å². The first-order valence-corrected chi connectivity index (χ1v) is 6.15. The Morgan fingerprint density at radius 3 is 2.28 bits per heavy atom. The fraction of sp³-hybridized carbons (Fsp3) is 0.231. The topological polar surface area (TPSA) is 26.0 Å². The molecule has 0 aliphatic rings. The van der Waals surface area contributed by atoms with Gasteiger partial charge in [0.1, 0.15) is 0 Å². The molecule has 0 aliphatic heterocycles. The molecule has 96 valence electrons. The molecule has 1 nitrogen and oxygen atoms in total. The van der Waals surface area contributed by atoms with Crippen LogP contribution in [-0.4, -0.2) is 0 Å². The van der Waals surface area contributed by atoms with Gasteiger partial charge in [0, 0.05) is 21.0 Å². The van der Waals surface area contributed by atoms with Crippen LogP contribution >= 0.6 is 11.3 Å². The van der Waals surface area contributed by atoms with Crippen LogP contribution in [0.25, 0.3) is 10.4 Å². The molecule has 2 rings (SSSR count). The van der Waals surface area contributed by atoms with Gasteiger partial charge in [0.15, 0.2) is 0 Å². The van der Waals surface area contributed by atoms with Crippen molar-refractivity contribution in [3.05, 3.63) is 40.3 Å². The predicted octanol–water partition coefficient (Wildman–Crippen LogP) is 4.63. The molecule has 0 fully saturated rings. The van der Waals surface area contributed by atoms with E-state index < -0.39 is 11.7 Å². The van der Waals surface area contributed by atoms with Crippen LogP contribution in [0.2, 0.25) is 0 Å². The van der Waals surface area contributed by atoms with Crippen LogP contribution in [0.4, 0.5) is 18.9 Å². The largest absolute Gasteiger partial charge is 0.417 e. The van der Waals surface area contributed by atoms with Gasteiger partial charge in [-0.05, 0) is 37.6 Å². The van der Waals surface area contributed by atoms with Gasteiger partial charge in [-0.25, -0.2) is 0 Å². The van der Waals surface area contributed by atoms with Crippen LogP contribution < -0.4 is 5.73 Å². The lowest BCUT2D eigenvalue weighted by atomic mass is 10.0. The van der Waals surface area contributed by atoms with E-state index in [2.05, 4.69) is 0 Å².